The van der Waals surface area contributed by atoms with E-state index in [9.17, 15) is 4.79 Å². The van der Waals surface area contributed by atoms with E-state index in [0.717, 1.165) is 19.4 Å². The predicted molar refractivity (Wildman–Crippen MR) is 70.1 cm³/mol. The third-order valence-corrected chi connectivity index (χ3v) is 3.16. The third-order valence-electron chi connectivity index (χ3n) is 3.16. The van der Waals surface area contributed by atoms with Gasteiger partial charge in [0.2, 0.25) is 5.91 Å². The van der Waals surface area contributed by atoms with Gasteiger partial charge in [0.15, 0.2) is 0 Å². The Labute approximate surface area is 103 Å². The molecule has 0 atom stereocenters. The average molecular weight is 237 g/mol. The van der Waals surface area contributed by atoms with Crippen LogP contribution in [0.5, 0.6) is 0 Å². The van der Waals surface area contributed by atoms with Gasteiger partial charge in [-0.15, -0.1) is 0 Å². The van der Waals surface area contributed by atoms with E-state index in [-0.39, 0.29) is 5.91 Å². The first-order valence-corrected chi connectivity index (χ1v) is 6.09. The summed E-state index contributed by atoms with van der Waals surface area (Å²) in [5.74, 6) is 0.0634. The van der Waals surface area contributed by atoms with Crippen LogP contribution in [0.1, 0.15) is 23.4 Å². The number of likely N-dealkylation sites (N-methyl/N-ethyl adjacent to an activating group) is 1. The summed E-state index contributed by atoms with van der Waals surface area (Å²) in [4.78, 5) is 11.2. The molecule has 0 radical (unpaired) electrons. The lowest BCUT2D eigenvalue weighted by Crippen LogP contribution is -2.32. The molecule has 4 nitrogen and oxygen atoms in total. The van der Waals surface area contributed by atoms with Crippen LogP contribution in [0.15, 0.2) is 6.07 Å². The number of aromatic nitrogens is 1. The van der Waals surface area contributed by atoms with Gasteiger partial charge in [-0.05, 0) is 45.4 Å². The van der Waals surface area contributed by atoms with E-state index in [1.165, 1.54) is 17.0 Å². The Morgan fingerprint density at radius 2 is 2.12 bits per heavy atom. The highest BCUT2D eigenvalue weighted by molar-refractivity contribution is 5.77. The summed E-state index contributed by atoms with van der Waals surface area (Å²) < 4.78 is 2.20. The summed E-state index contributed by atoms with van der Waals surface area (Å²) in [6.07, 6.45) is 2.01. The quantitative estimate of drug-likeness (QED) is 0.722. The third kappa shape index (κ3) is 3.89. The Kier molecular flexibility index (Phi) is 5.22. The van der Waals surface area contributed by atoms with Gasteiger partial charge in [0.1, 0.15) is 0 Å². The fourth-order valence-electron chi connectivity index (χ4n) is 1.92. The summed E-state index contributed by atoms with van der Waals surface area (Å²) in [6, 6.07) is 2.23. The summed E-state index contributed by atoms with van der Waals surface area (Å²) in [5, 5.41) is 5.72. The number of aryl methyl sites for hydroxylation is 2. The van der Waals surface area contributed by atoms with Crippen molar-refractivity contribution in [3.63, 3.8) is 0 Å². The van der Waals surface area contributed by atoms with E-state index >= 15 is 0 Å². The first-order valence-electron chi connectivity index (χ1n) is 6.09. The van der Waals surface area contributed by atoms with E-state index < -0.39 is 0 Å². The number of hydrogen-bond acceptors (Lipinski definition) is 2. The van der Waals surface area contributed by atoms with E-state index in [1.807, 2.05) is 0 Å². The highest BCUT2D eigenvalue weighted by atomic mass is 16.1. The van der Waals surface area contributed by atoms with Gasteiger partial charge in [0.25, 0.3) is 0 Å². The molecule has 0 saturated carbocycles. The van der Waals surface area contributed by atoms with Crippen molar-refractivity contribution in [1.29, 1.82) is 0 Å². The van der Waals surface area contributed by atoms with Gasteiger partial charge < -0.3 is 15.2 Å². The summed E-state index contributed by atoms with van der Waals surface area (Å²) in [5.41, 5.74) is 3.99. The summed E-state index contributed by atoms with van der Waals surface area (Å²) in [6.45, 7) is 5.39. The van der Waals surface area contributed by atoms with Crippen LogP contribution in [-0.4, -0.2) is 30.6 Å². The number of nitrogens with one attached hydrogen (secondary N) is 2. The number of carbonyl (C=O) groups is 1. The molecule has 0 aliphatic carbocycles. The van der Waals surface area contributed by atoms with Crippen LogP contribution >= 0.6 is 0 Å². The van der Waals surface area contributed by atoms with Crippen LogP contribution in [0, 0.1) is 13.8 Å². The molecular formula is C13H23N3O. The van der Waals surface area contributed by atoms with Crippen molar-refractivity contribution in [1.82, 2.24) is 15.2 Å². The molecule has 1 aromatic rings. The van der Waals surface area contributed by atoms with Crippen molar-refractivity contribution in [2.24, 2.45) is 7.05 Å². The Bertz CT molecular complexity index is 382. The standard InChI is InChI=1S/C13H23N3O/c1-10-8-12(11(2)16(10)4)6-5-7-15-13(17)9-14-3/h8,14H,5-7,9H2,1-4H3,(H,15,17). The number of carbonyl (C=O) groups excluding carboxylic acids is 1. The molecule has 0 fully saturated rings. The second-order valence-electron chi connectivity index (χ2n) is 4.44. The molecule has 0 aliphatic rings. The molecule has 1 aromatic heterocycles. The second-order valence-corrected chi connectivity index (χ2v) is 4.44. The number of hydrogen-bond donors (Lipinski definition) is 2. The lowest BCUT2D eigenvalue weighted by molar-refractivity contribution is -0.120. The van der Waals surface area contributed by atoms with Crippen LogP contribution in [0.25, 0.3) is 0 Å². The Morgan fingerprint density at radius 1 is 1.41 bits per heavy atom. The maximum absolute atomic E-state index is 11.2. The normalized spacial score (nSPS) is 10.6. The number of rotatable bonds is 6. The molecular weight excluding hydrogens is 214 g/mol. The largest absolute Gasteiger partial charge is 0.355 e. The first kappa shape index (κ1) is 13.8. The average Bonchev–Trinajstić information content (AvgIpc) is 2.53. The van der Waals surface area contributed by atoms with E-state index in [2.05, 4.69) is 42.2 Å². The monoisotopic (exact) mass is 237 g/mol. The molecule has 2 N–H and O–H groups in total. The number of nitrogens with zero attached hydrogens (tertiary/aromatic N) is 1. The Hall–Kier alpha value is -1.29. The minimum atomic E-state index is 0.0634. The molecule has 1 rings (SSSR count). The maximum atomic E-state index is 11.2. The lowest BCUT2D eigenvalue weighted by Gasteiger charge is -2.05. The fraction of sp³-hybridized carbons (Fsp3) is 0.615. The van der Waals surface area contributed by atoms with Crippen molar-refractivity contribution in [3.05, 3.63) is 23.0 Å². The van der Waals surface area contributed by atoms with Crippen LogP contribution in [-0.2, 0) is 18.3 Å². The van der Waals surface area contributed by atoms with Crippen molar-refractivity contribution >= 4 is 5.91 Å². The SMILES string of the molecule is CNCC(=O)NCCCc1cc(C)n(C)c1C. The van der Waals surface area contributed by atoms with Crippen LogP contribution in [0.3, 0.4) is 0 Å². The topological polar surface area (TPSA) is 46.1 Å². The number of amides is 1. The van der Waals surface area contributed by atoms with Gasteiger partial charge in [-0.25, -0.2) is 0 Å². The Morgan fingerprint density at radius 3 is 2.65 bits per heavy atom. The van der Waals surface area contributed by atoms with E-state index in [4.69, 9.17) is 0 Å². The molecule has 0 saturated heterocycles. The molecule has 4 heteroatoms. The van der Waals surface area contributed by atoms with Crippen molar-refractivity contribution < 1.29 is 4.79 Å². The zero-order chi connectivity index (χ0) is 12.8. The van der Waals surface area contributed by atoms with Gasteiger partial charge >= 0.3 is 0 Å². The van der Waals surface area contributed by atoms with Crippen LogP contribution < -0.4 is 10.6 Å². The highest BCUT2D eigenvalue weighted by Gasteiger charge is 2.05. The van der Waals surface area contributed by atoms with Gasteiger partial charge in [-0.3, -0.25) is 4.79 Å². The molecule has 0 bridgehead atoms. The minimum Gasteiger partial charge on any atom is -0.355 e. The predicted octanol–water partition coefficient (Wildman–Crippen LogP) is 0.910. The van der Waals surface area contributed by atoms with E-state index in [1.54, 1.807) is 7.05 Å². The highest BCUT2D eigenvalue weighted by Crippen LogP contribution is 2.14. The first-order chi connectivity index (χ1) is 8.06. The van der Waals surface area contributed by atoms with E-state index in [0.29, 0.717) is 6.54 Å². The van der Waals surface area contributed by atoms with Gasteiger partial charge in [0, 0.05) is 25.0 Å². The molecule has 0 unspecified atom stereocenters. The van der Waals surface area contributed by atoms with Gasteiger partial charge in [-0.2, -0.15) is 0 Å². The fourth-order valence-corrected chi connectivity index (χ4v) is 1.92. The van der Waals surface area contributed by atoms with Gasteiger partial charge in [-0.1, -0.05) is 0 Å². The van der Waals surface area contributed by atoms with Crippen molar-refractivity contribution in [3.8, 4) is 0 Å². The molecule has 0 spiro atoms. The Balaban J connectivity index is 2.31. The summed E-state index contributed by atoms with van der Waals surface area (Å²) in [7, 11) is 3.86. The molecule has 96 valence electrons. The van der Waals surface area contributed by atoms with Crippen LogP contribution in [0.4, 0.5) is 0 Å². The smallest absolute Gasteiger partial charge is 0.233 e. The van der Waals surface area contributed by atoms with Crippen molar-refractivity contribution in [2.75, 3.05) is 20.1 Å². The van der Waals surface area contributed by atoms with Gasteiger partial charge in [0.05, 0.1) is 6.54 Å². The second kappa shape index (κ2) is 6.45. The molecule has 1 heterocycles. The summed E-state index contributed by atoms with van der Waals surface area (Å²) >= 11 is 0. The van der Waals surface area contributed by atoms with Crippen molar-refractivity contribution in [2.45, 2.75) is 26.7 Å². The molecule has 1 amide bonds. The lowest BCUT2D eigenvalue weighted by atomic mass is 10.1. The van der Waals surface area contributed by atoms with Crippen LogP contribution in [0.2, 0.25) is 0 Å². The molecule has 0 aliphatic heterocycles. The minimum absolute atomic E-state index is 0.0634. The maximum Gasteiger partial charge on any atom is 0.233 e. The molecule has 17 heavy (non-hydrogen) atoms. The zero-order valence-electron chi connectivity index (χ0n) is 11.3. The zero-order valence-corrected chi connectivity index (χ0v) is 11.3. The molecule has 0 aromatic carbocycles.